The van der Waals surface area contributed by atoms with Crippen molar-refractivity contribution in [3.63, 3.8) is 0 Å². The predicted molar refractivity (Wildman–Crippen MR) is 70.6 cm³/mol. The van der Waals surface area contributed by atoms with Gasteiger partial charge in [-0.15, -0.1) is 0 Å². The lowest BCUT2D eigenvalue weighted by Crippen LogP contribution is -2.57. The third-order valence-electron chi connectivity index (χ3n) is 3.30. The Balaban J connectivity index is 2.30. The van der Waals surface area contributed by atoms with Crippen LogP contribution in [0.15, 0.2) is 9.57 Å². The monoisotopic (exact) mass is 422 g/mol. The number of hydrazone groups is 1. The minimum Gasteiger partial charge on any atom is -0.362 e. The van der Waals surface area contributed by atoms with Crippen molar-refractivity contribution in [1.82, 2.24) is 14.8 Å². The lowest BCUT2D eigenvalue weighted by molar-refractivity contribution is -0.302. The van der Waals surface area contributed by atoms with E-state index in [9.17, 15) is 36.2 Å². The maximum atomic E-state index is 12.9. The predicted octanol–water partition coefficient (Wildman–Crippen LogP) is 2.44. The van der Waals surface area contributed by atoms with Gasteiger partial charge in [0.2, 0.25) is 0 Å². The zero-order chi connectivity index (χ0) is 18.5. The summed E-state index contributed by atoms with van der Waals surface area (Å²) in [5, 5.41) is 15.8. The average molecular weight is 423 g/mol. The molecule has 1 amide bonds. The Morgan fingerprint density at radius 3 is 2.42 bits per heavy atom. The third kappa shape index (κ3) is 3.01. The average Bonchev–Trinajstić information content (AvgIpc) is 2.94. The number of rotatable bonds is 2. The van der Waals surface area contributed by atoms with Gasteiger partial charge in [-0.1, -0.05) is 0 Å². The number of hydrogen-bond donors (Lipinski definition) is 1. The molecule has 0 aromatic carbocycles. The summed E-state index contributed by atoms with van der Waals surface area (Å²) in [4.78, 5) is 12.0. The number of halogens is 7. The van der Waals surface area contributed by atoms with Crippen molar-refractivity contribution >= 4 is 28.1 Å². The SMILES string of the molecule is Cc1c(Br)c(C(F)(F)F)nn1CC(=O)N1N=CC[C@]1(O)C(F)(F)F. The van der Waals surface area contributed by atoms with Crippen LogP contribution in [0, 0.1) is 6.92 Å². The zero-order valence-corrected chi connectivity index (χ0v) is 13.4. The van der Waals surface area contributed by atoms with Gasteiger partial charge < -0.3 is 5.11 Å². The number of alkyl halides is 6. The second-order valence-corrected chi connectivity index (χ2v) is 5.72. The van der Waals surface area contributed by atoms with Crippen LogP contribution in [-0.4, -0.2) is 43.9 Å². The van der Waals surface area contributed by atoms with Gasteiger partial charge in [-0.2, -0.15) is 41.6 Å². The molecule has 6 nitrogen and oxygen atoms in total. The van der Waals surface area contributed by atoms with Crippen LogP contribution in [0.4, 0.5) is 26.3 Å². The number of carbonyl (C=O) groups excluding carboxylic acids is 1. The van der Waals surface area contributed by atoms with Gasteiger partial charge in [-0.05, 0) is 22.9 Å². The van der Waals surface area contributed by atoms with Crippen molar-refractivity contribution in [3.05, 3.63) is 15.9 Å². The molecule has 0 aliphatic carbocycles. The summed E-state index contributed by atoms with van der Waals surface area (Å²) < 4.78 is 77.1. The van der Waals surface area contributed by atoms with Crippen molar-refractivity contribution < 1.29 is 36.2 Å². The van der Waals surface area contributed by atoms with E-state index in [1.807, 2.05) is 0 Å². The van der Waals surface area contributed by atoms with E-state index in [0.717, 1.165) is 0 Å². The molecule has 24 heavy (non-hydrogen) atoms. The minimum absolute atomic E-state index is 0.116. The molecule has 13 heteroatoms. The van der Waals surface area contributed by atoms with Gasteiger partial charge in [0.05, 0.1) is 10.2 Å². The summed E-state index contributed by atoms with van der Waals surface area (Å²) >= 11 is 2.68. The molecule has 0 spiro atoms. The summed E-state index contributed by atoms with van der Waals surface area (Å²) in [5.41, 5.74) is -4.96. The lowest BCUT2D eigenvalue weighted by Gasteiger charge is -2.32. The first-order chi connectivity index (χ1) is 10.8. The van der Waals surface area contributed by atoms with E-state index in [0.29, 0.717) is 10.9 Å². The molecule has 134 valence electrons. The van der Waals surface area contributed by atoms with Crippen LogP contribution in [0.2, 0.25) is 0 Å². The Hall–Kier alpha value is -1.63. The molecule has 2 rings (SSSR count). The van der Waals surface area contributed by atoms with Gasteiger partial charge in [0.25, 0.3) is 11.6 Å². The molecule has 1 N–H and O–H groups in total. The summed E-state index contributed by atoms with van der Waals surface area (Å²) in [6.07, 6.45) is -10.3. The number of carbonyl (C=O) groups is 1. The Morgan fingerprint density at radius 2 is 1.96 bits per heavy atom. The molecule has 1 aromatic rings. The fraction of sp³-hybridized carbons (Fsp3) is 0.545. The lowest BCUT2D eigenvalue weighted by atomic mass is 10.1. The molecule has 0 saturated heterocycles. The zero-order valence-electron chi connectivity index (χ0n) is 11.8. The summed E-state index contributed by atoms with van der Waals surface area (Å²) in [6.45, 7) is 0.235. The highest BCUT2D eigenvalue weighted by molar-refractivity contribution is 9.10. The van der Waals surface area contributed by atoms with Crippen LogP contribution in [0.3, 0.4) is 0 Å². The first-order valence-electron chi connectivity index (χ1n) is 6.23. The number of hydrogen-bond acceptors (Lipinski definition) is 4. The normalized spacial score (nSPS) is 21.6. The molecule has 1 atom stereocenters. The molecule has 0 radical (unpaired) electrons. The molecular formula is C11H9BrF6N4O2. The number of amides is 1. The van der Waals surface area contributed by atoms with Crippen molar-refractivity contribution in [2.75, 3.05) is 0 Å². The van der Waals surface area contributed by atoms with E-state index in [-0.39, 0.29) is 10.7 Å². The molecule has 0 bridgehead atoms. The molecule has 0 fully saturated rings. The maximum Gasteiger partial charge on any atom is 0.438 e. The molecule has 2 heterocycles. The van der Waals surface area contributed by atoms with Gasteiger partial charge in [0.15, 0.2) is 5.69 Å². The van der Waals surface area contributed by atoms with E-state index in [1.165, 1.54) is 6.92 Å². The Bertz CT molecular complexity index is 698. The highest BCUT2D eigenvalue weighted by Gasteiger charge is 2.61. The molecular weight excluding hydrogens is 414 g/mol. The van der Waals surface area contributed by atoms with Crippen LogP contribution >= 0.6 is 15.9 Å². The standard InChI is InChI=1S/C11H9BrF6N4O2/c1-5-7(12)8(10(13,14)15)20-21(5)4-6(23)22-9(24,2-3-19-22)11(16,17)18/h3,24H,2,4H2,1H3/t9-/m0/s1. The quantitative estimate of drug-likeness (QED) is 0.744. The minimum atomic E-state index is -5.18. The number of aliphatic hydroxyl groups is 1. The second kappa shape index (κ2) is 5.72. The van der Waals surface area contributed by atoms with Crippen molar-refractivity contribution in [3.8, 4) is 0 Å². The van der Waals surface area contributed by atoms with Crippen LogP contribution in [-0.2, 0) is 17.5 Å². The molecule has 0 saturated carbocycles. The van der Waals surface area contributed by atoms with Gasteiger partial charge >= 0.3 is 12.4 Å². The Kier molecular flexibility index (Phi) is 4.46. The first kappa shape index (κ1) is 18.7. The Morgan fingerprint density at radius 1 is 1.38 bits per heavy atom. The third-order valence-corrected chi connectivity index (χ3v) is 4.25. The van der Waals surface area contributed by atoms with Crippen LogP contribution in [0.5, 0.6) is 0 Å². The van der Waals surface area contributed by atoms with Gasteiger partial charge in [-0.25, -0.2) is 0 Å². The van der Waals surface area contributed by atoms with E-state index in [2.05, 4.69) is 26.1 Å². The van der Waals surface area contributed by atoms with Crippen molar-refractivity contribution in [2.45, 2.75) is 38.0 Å². The number of aromatic nitrogens is 2. The van der Waals surface area contributed by atoms with E-state index in [1.54, 1.807) is 0 Å². The summed E-state index contributed by atoms with van der Waals surface area (Å²) in [5.74, 6) is -1.37. The first-order valence-corrected chi connectivity index (χ1v) is 7.03. The van der Waals surface area contributed by atoms with Gasteiger partial charge in [0.1, 0.15) is 6.54 Å². The van der Waals surface area contributed by atoms with E-state index >= 15 is 0 Å². The highest BCUT2D eigenvalue weighted by atomic mass is 79.9. The Labute approximate surface area is 138 Å². The smallest absolute Gasteiger partial charge is 0.362 e. The fourth-order valence-corrected chi connectivity index (χ4v) is 2.50. The van der Waals surface area contributed by atoms with Crippen LogP contribution in [0.1, 0.15) is 17.8 Å². The van der Waals surface area contributed by atoms with Crippen molar-refractivity contribution in [2.24, 2.45) is 5.10 Å². The highest BCUT2D eigenvalue weighted by Crippen LogP contribution is 2.39. The van der Waals surface area contributed by atoms with Crippen LogP contribution in [0.25, 0.3) is 0 Å². The summed E-state index contributed by atoms with van der Waals surface area (Å²) in [7, 11) is 0. The van der Waals surface area contributed by atoms with E-state index in [4.69, 9.17) is 0 Å². The molecule has 1 aromatic heterocycles. The van der Waals surface area contributed by atoms with E-state index < -0.39 is 47.1 Å². The second-order valence-electron chi connectivity index (χ2n) is 4.93. The molecule has 0 unspecified atom stereocenters. The fourth-order valence-electron chi connectivity index (χ4n) is 1.99. The summed E-state index contributed by atoms with van der Waals surface area (Å²) in [6, 6.07) is 0. The maximum absolute atomic E-state index is 12.9. The molecule has 1 aliphatic heterocycles. The van der Waals surface area contributed by atoms with Crippen LogP contribution < -0.4 is 0 Å². The largest absolute Gasteiger partial charge is 0.438 e. The van der Waals surface area contributed by atoms with Gasteiger partial charge in [0, 0.05) is 12.6 Å². The topological polar surface area (TPSA) is 70.7 Å². The van der Waals surface area contributed by atoms with Gasteiger partial charge in [-0.3, -0.25) is 9.48 Å². The molecule has 1 aliphatic rings. The number of nitrogens with zero attached hydrogens (tertiary/aromatic N) is 4. The van der Waals surface area contributed by atoms with Crippen molar-refractivity contribution in [1.29, 1.82) is 0 Å².